The zero-order chi connectivity index (χ0) is 72.0. The number of anilines is 1. The number of nitrogens with two attached hydrogens (primary N) is 1. The number of phosphoric ester groups is 3. The van der Waals surface area contributed by atoms with Crippen LogP contribution in [0.3, 0.4) is 0 Å². The lowest BCUT2D eigenvalue weighted by molar-refractivity contribution is -0.116. The molecule has 546 valence electrons. The number of rotatable bonds is 42. The minimum absolute atomic E-state index is 0.0135. The van der Waals surface area contributed by atoms with E-state index in [-0.39, 0.29) is 130 Å². The van der Waals surface area contributed by atoms with Crippen molar-refractivity contribution in [3.63, 3.8) is 0 Å². The number of aliphatic hydroxyl groups is 2. The number of H-pyrrole nitrogens is 1. The third-order valence-electron chi connectivity index (χ3n) is 14.9. The van der Waals surface area contributed by atoms with Gasteiger partial charge < -0.3 is 84.3 Å². The third-order valence-corrected chi connectivity index (χ3v) is 17.9. The number of phenols is 1. The number of nitrogens with one attached hydrogen (secondary N) is 3. The summed E-state index contributed by atoms with van der Waals surface area (Å²) in [5, 5.41) is 45.5. The maximum atomic E-state index is 13.4. The highest BCUT2D eigenvalue weighted by Gasteiger charge is 2.44. The Labute approximate surface area is 567 Å². The van der Waals surface area contributed by atoms with Crippen LogP contribution in [0.2, 0.25) is 0 Å². The number of nitrogens with zero attached hydrogens (tertiary/aromatic N) is 3. The molecule has 2 fully saturated rings. The molecule has 3 aliphatic heterocycles. The summed E-state index contributed by atoms with van der Waals surface area (Å²) in [4.78, 5) is 126. The number of unbranched alkanes of at least 4 members (excludes halogenated alkanes) is 3. The number of fused-ring (bicyclic) bond motifs is 2. The number of aromatic carboxylic acids is 1. The molecule has 8 rings (SSSR count). The summed E-state index contributed by atoms with van der Waals surface area (Å²) in [7, 11) is -14.6. The first-order chi connectivity index (χ1) is 47.8. The number of carbonyl (C=O) groups excluding carboxylic acids is 2. The highest BCUT2D eigenvalue weighted by Crippen LogP contribution is 2.50. The normalized spacial score (nSPS) is 19.6. The van der Waals surface area contributed by atoms with Crippen LogP contribution in [-0.2, 0) is 74.1 Å². The minimum atomic E-state index is -5.05. The molecule has 4 aliphatic rings. The Bertz CT molecular complexity index is 4170. The maximum absolute atomic E-state index is 13.4. The first-order valence-electron chi connectivity index (χ1n) is 31.1. The van der Waals surface area contributed by atoms with E-state index >= 15 is 0 Å². The maximum Gasteiger partial charge on any atom is 0.472 e. The number of aromatic amines is 1. The number of amides is 2. The van der Waals surface area contributed by atoms with Crippen LogP contribution in [0.15, 0.2) is 103 Å². The topological polar surface area (TPSA) is 525 Å². The lowest BCUT2D eigenvalue weighted by atomic mass is 9.89. The number of aromatic hydroxyl groups is 1. The Hall–Kier alpha value is -7.55. The van der Waals surface area contributed by atoms with Crippen LogP contribution in [0.25, 0.3) is 39.5 Å². The molecule has 2 amide bonds. The Morgan fingerprint density at radius 1 is 0.690 bits per heavy atom. The second-order valence-electron chi connectivity index (χ2n) is 22.1. The lowest BCUT2D eigenvalue weighted by Crippen LogP contribution is -2.33. The van der Waals surface area contributed by atoms with Gasteiger partial charge in [0.05, 0.1) is 110 Å². The number of benzene rings is 3. The molecule has 1 aliphatic carbocycles. The number of carboxylic acid groups (broad SMARTS) is 1. The molecule has 0 saturated carbocycles. The van der Waals surface area contributed by atoms with Crippen molar-refractivity contribution in [2.45, 2.75) is 75.4 Å². The van der Waals surface area contributed by atoms with Crippen LogP contribution >= 0.6 is 23.5 Å². The first-order valence-corrected chi connectivity index (χ1v) is 35.6. The number of phenolic OH excluding ortho intramolecular Hbond substituents is 1. The van der Waals surface area contributed by atoms with Gasteiger partial charge in [0.15, 0.2) is 5.43 Å². The van der Waals surface area contributed by atoms with E-state index in [2.05, 4.69) is 20.6 Å². The van der Waals surface area contributed by atoms with Gasteiger partial charge in [-0.1, -0.05) is 12.8 Å². The fraction of sp³-hybridized carbons (Fsp3) is 0.467. The van der Waals surface area contributed by atoms with Gasteiger partial charge in [-0.05, 0) is 73.0 Å². The number of nitrogen functional groups attached to an aromatic ring is 1. The highest BCUT2D eigenvalue weighted by molar-refractivity contribution is 7.48. The predicted molar refractivity (Wildman–Crippen MR) is 348 cm³/mol. The molecule has 37 nitrogen and oxygen atoms in total. The third kappa shape index (κ3) is 23.5. The summed E-state index contributed by atoms with van der Waals surface area (Å²) < 4.78 is 109. The standard InChI is InChI=1S/C60H76N7O30P3/c61-51-13-16-66(59(77)64-51)53-32-45(71)49(95-53)35-92-98(79,80)89-26-24-87-21-22-88-25-28-91-100(83,84)97-48-33-54(96-50(48)36-93-99(81,82)90-27-23-86-20-19-85-18-17-68)67-34-38(57(74)65-60(67)78)6-12-52(72)62-14-3-1-2-4-15-63-56(73)37-5-9-41(58(75)76)44(29-37)55-42-10-7-39(69)30-46(42)94-47-31-40(70)8-11-43(47)55/h5-13,16,29-31,34,45,48-50,53-54,68-69,71H,1-4,14-15,17-28,32-33,35-36H2,(H,62,72)(H,63,73)(H,75,76)(H,79,80)(H,81,82)(H,83,84)(H2,61,64,77)(H,65,74,78)/t45-,48-,49-,50-,53-,54-/m1/s1. The summed E-state index contributed by atoms with van der Waals surface area (Å²) in [5.41, 5.74) is 3.47. The highest BCUT2D eigenvalue weighted by atomic mass is 31.2. The van der Waals surface area contributed by atoms with Crippen LogP contribution in [0.5, 0.6) is 5.75 Å². The van der Waals surface area contributed by atoms with Gasteiger partial charge in [-0.2, -0.15) is 4.98 Å². The Balaban J connectivity index is 0.768. The molecule has 3 unspecified atom stereocenters. The zero-order valence-electron chi connectivity index (χ0n) is 53.4. The molecule has 0 bridgehead atoms. The van der Waals surface area contributed by atoms with E-state index in [0.29, 0.717) is 42.2 Å². The van der Waals surface area contributed by atoms with Crippen molar-refractivity contribution < 1.29 is 123 Å². The van der Waals surface area contributed by atoms with E-state index in [4.69, 9.17) is 70.8 Å². The van der Waals surface area contributed by atoms with Gasteiger partial charge in [-0.15, -0.1) is 0 Å². The number of aliphatic hydroxyl groups excluding tert-OH is 2. The van der Waals surface area contributed by atoms with Crippen molar-refractivity contribution in [1.29, 1.82) is 0 Å². The van der Waals surface area contributed by atoms with Gasteiger partial charge in [0.25, 0.3) is 11.5 Å². The zero-order valence-corrected chi connectivity index (χ0v) is 56.1. The lowest BCUT2D eigenvalue weighted by Gasteiger charge is -2.22. The van der Waals surface area contributed by atoms with E-state index in [9.17, 15) is 77.3 Å². The van der Waals surface area contributed by atoms with E-state index < -0.39 is 135 Å². The molecule has 2 saturated heterocycles. The Morgan fingerprint density at radius 2 is 1.30 bits per heavy atom. The van der Waals surface area contributed by atoms with Gasteiger partial charge in [0.2, 0.25) is 5.91 Å². The van der Waals surface area contributed by atoms with Crippen molar-refractivity contribution in [1.82, 2.24) is 29.7 Å². The molecule has 0 spiro atoms. The number of hydrogen-bond acceptors (Lipinski definition) is 28. The molecule has 100 heavy (non-hydrogen) atoms. The Morgan fingerprint density at radius 3 is 1.95 bits per heavy atom. The average molecular weight is 1470 g/mol. The number of carbonyl (C=O) groups is 3. The van der Waals surface area contributed by atoms with E-state index in [0.717, 1.165) is 27.5 Å². The van der Waals surface area contributed by atoms with Crippen molar-refractivity contribution >= 4 is 64.1 Å². The second kappa shape index (κ2) is 37.4. The van der Waals surface area contributed by atoms with Gasteiger partial charge in [-0.25, -0.2) is 28.1 Å². The Kier molecular flexibility index (Phi) is 29.2. The molecule has 4 aromatic rings. The molecule has 12 N–H and O–H groups in total. The number of aromatic nitrogens is 4. The first kappa shape index (κ1) is 78.2. The fourth-order valence-corrected chi connectivity index (χ4v) is 12.5. The number of hydrogen-bond donors (Lipinski definition) is 11. The molecule has 5 heterocycles. The molecule has 2 aromatic heterocycles. The van der Waals surface area contributed by atoms with Crippen LogP contribution in [-0.4, -0.2) is 202 Å². The SMILES string of the molecule is Nc1ccn([C@H]2C[C@@H](O)[C@@H](COP(=O)(O)OCCOCCOCCOP(=O)(O)O[C@@H]3C[C@H](n4cc(C=CC(=O)NCCCCCCNC(=O)c5ccc(C(=O)O)c(-c6c7ccc(=O)cc-7oc7cc(O)ccc67)c5)c(=O)[nH]c4=O)O[C@@H]3COP(=O)(O)OCCOCCOCCO)O2)c(=O)n1. The van der Waals surface area contributed by atoms with Crippen LogP contribution in [0.1, 0.15) is 77.3 Å². The van der Waals surface area contributed by atoms with Gasteiger partial charge in [0.1, 0.15) is 53.7 Å². The summed E-state index contributed by atoms with van der Waals surface area (Å²) in [6.45, 7) is -3.16. The minimum Gasteiger partial charge on any atom is -0.508 e. The summed E-state index contributed by atoms with van der Waals surface area (Å²) in [6, 6.07) is 13.8. The van der Waals surface area contributed by atoms with Gasteiger partial charge >= 0.3 is 40.8 Å². The van der Waals surface area contributed by atoms with Gasteiger partial charge in [-0.3, -0.25) is 60.4 Å². The molecule has 9 atom stereocenters. The quantitative estimate of drug-likeness (QED) is 0.0113. The largest absolute Gasteiger partial charge is 0.508 e. The van der Waals surface area contributed by atoms with Crippen molar-refractivity contribution in [3.05, 3.63) is 137 Å². The average Bonchev–Trinajstić information content (AvgIpc) is 0.917. The van der Waals surface area contributed by atoms with Crippen molar-refractivity contribution in [2.75, 3.05) is 111 Å². The number of phosphoric acid groups is 3. The van der Waals surface area contributed by atoms with Gasteiger partial charge in [0, 0.05) is 78.6 Å². The monoisotopic (exact) mass is 1470 g/mol. The van der Waals surface area contributed by atoms with E-state index in [1.54, 1.807) is 6.07 Å². The summed E-state index contributed by atoms with van der Waals surface area (Å²) in [6.07, 6.45) is -1.25. The smallest absolute Gasteiger partial charge is 0.472 e. The number of carboxylic acids is 1. The summed E-state index contributed by atoms with van der Waals surface area (Å²) in [5.74, 6) is -2.35. The van der Waals surface area contributed by atoms with Crippen LogP contribution < -0.4 is 38.7 Å². The van der Waals surface area contributed by atoms with Crippen LogP contribution in [0, 0.1) is 0 Å². The molecular formula is C60H76N7O30P3. The van der Waals surface area contributed by atoms with E-state index in [1.807, 2.05) is 0 Å². The molecule has 2 aromatic carbocycles. The van der Waals surface area contributed by atoms with E-state index in [1.165, 1.54) is 60.8 Å². The fourth-order valence-electron chi connectivity index (χ4n) is 10.2. The molecule has 40 heteroatoms. The number of ether oxygens (including phenoxy) is 6. The molecular weight excluding hydrogens is 1390 g/mol. The predicted octanol–water partition coefficient (Wildman–Crippen LogP) is 2.54. The van der Waals surface area contributed by atoms with Crippen molar-refractivity contribution in [2.24, 2.45) is 0 Å². The molecule has 0 radical (unpaired) electrons. The second-order valence-corrected chi connectivity index (χ2v) is 26.4. The van der Waals surface area contributed by atoms with Crippen molar-refractivity contribution in [3.8, 4) is 28.2 Å². The van der Waals surface area contributed by atoms with Crippen LogP contribution in [0.4, 0.5) is 5.82 Å². The summed E-state index contributed by atoms with van der Waals surface area (Å²) >= 11 is 0.